The summed E-state index contributed by atoms with van der Waals surface area (Å²) < 4.78 is 77.3. The van der Waals surface area contributed by atoms with Crippen molar-refractivity contribution in [2.75, 3.05) is 23.9 Å². The third kappa shape index (κ3) is 11.1. The number of sulfone groups is 1. The number of aryl methyl sites for hydroxylation is 1. The van der Waals surface area contributed by atoms with Crippen LogP contribution in [0.2, 0.25) is 5.02 Å². The average Bonchev–Trinajstić information content (AvgIpc) is 3.55. The molecular weight excluding hydrogens is 722 g/mol. The molecule has 2 heterocycles. The first kappa shape index (κ1) is 37.4. The van der Waals surface area contributed by atoms with Gasteiger partial charge in [-0.2, -0.15) is 8.42 Å². The van der Waals surface area contributed by atoms with E-state index in [4.69, 9.17) is 25.3 Å². The van der Waals surface area contributed by atoms with Gasteiger partial charge in [-0.3, -0.25) is 4.55 Å². The zero-order valence-electron chi connectivity index (χ0n) is 27.5. The van der Waals surface area contributed by atoms with Gasteiger partial charge >= 0.3 is 0 Å². The molecule has 0 saturated heterocycles. The number of ether oxygens (including phenoxy) is 1. The summed E-state index contributed by atoms with van der Waals surface area (Å²) >= 11 is 6.47. The number of nitrogens with zero attached hydrogens (tertiary/aromatic N) is 2. The number of hydrogen-bond acceptors (Lipinski definition) is 10. The summed E-state index contributed by atoms with van der Waals surface area (Å²) in [4.78, 5) is 8.73. The molecule has 0 aliphatic heterocycles. The Morgan fingerprint density at radius 1 is 0.922 bits per heavy atom. The molecule has 15 heteroatoms. The lowest BCUT2D eigenvalue weighted by Crippen LogP contribution is -2.21. The number of halogens is 2. The van der Waals surface area contributed by atoms with E-state index in [2.05, 4.69) is 20.6 Å². The fourth-order valence-corrected chi connectivity index (χ4v) is 5.97. The molecule has 0 radical (unpaired) electrons. The van der Waals surface area contributed by atoms with Crippen molar-refractivity contribution in [1.82, 2.24) is 15.3 Å². The van der Waals surface area contributed by atoms with Crippen molar-refractivity contribution in [3.63, 3.8) is 0 Å². The van der Waals surface area contributed by atoms with Gasteiger partial charge in [0.05, 0.1) is 27.7 Å². The normalized spacial score (nSPS) is 11.5. The Labute approximate surface area is 300 Å². The summed E-state index contributed by atoms with van der Waals surface area (Å²) in [7, 11) is -7.04. The Morgan fingerprint density at radius 2 is 1.71 bits per heavy atom. The molecule has 0 bridgehead atoms. The van der Waals surface area contributed by atoms with Gasteiger partial charge in [-0.05, 0) is 85.3 Å². The minimum absolute atomic E-state index is 0.0664. The molecular formula is C36H34ClFN4O7S2. The monoisotopic (exact) mass is 755 g/mol. The van der Waals surface area contributed by atoms with E-state index in [-0.39, 0.29) is 23.1 Å². The average molecular weight is 756 g/mol. The highest BCUT2D eigenvalue weighted by molar-refractivity contribution is 7.90. The van der Waals surface area contributed by atoms with Crippen LogP contribution >= 0.6 is 11.6 Å². The van der Waals surface area contributed by atoms with Gasteiger partial charge in [-0.1, -0.05) is 41.4 Å². The molecule has 0 aliphatic carbocycles. The van der Waals surface area contributed by atoms with Gasteiger partial charge < -0.3 is 19.8 Å². The van der Waals surface area contributed by atoms with Crippen molar-refractivity contribution in [2.45, 2.75) is 25.0 Å². The molecule has 3 N–H and O–H groups in total. The number of rotatable bonds is 12. The van der Waals surface area contributed by atoms with E-state index >= 15 is 0 Å². The molecule has 51 heavy (non-hydrogen) atoms. The van der Waals surface area contributed by atoms with Crippen LogP contribution in [0.15, 0.2) is 113 Å². The number of fused-ring (bicyclic) bond motifs is 1. The number of furan rings is 1. The molecule has 6 aromatic rings. The molecule has 0 spiro atoms. The van der Waals surface area contributed by atoms with Crippen LogP contribution in [0, 0.1) is 12.7 Å². The summed E-state index contributed by atoms with van der Waals surface area (Å²) in [6.45, 7) is 2.80. The standard InChI is InChI=1S/C29H26ClFN4O4S.C7H8O3S/c1-40(36,37)12-11-32-16-23-7-10-27(39-23)20-5-8-26-24(14-20)29(34-18-33-26)35-22-6-9-28(25(30)15-22)38-17-19-3-2-4-21(31)13-19;1-6-2-4-7(5-3-6)11(8,9)10/h2-10,13-15,18,32H,11-12,16-17H2,1H3,(H,33,34,35);2-5H,1H3,(H,8,9,10)/i11+1,12+1,32+1;. The van der Waals surface area contributed by atoms with Crippen LogP contribution in [-0.4, -0.2) is 49.9 Å². The second-order valence-electron chi connectivity index (χ2n) is 11.5. The highest BCUT2D eigenvalue weighted by Gasteiger charge is 2.12. The SMILES string of the molecule is CS(=O)(=O)[13CH2][13CH2][15NH]Cc1ccc(-c2ccc3ncnc(Nc4ccc(OCc5cccc(F)c5)c(Cl)c4)c3c2)o1.Cc1ccc(S(=O)(=O)O)cc1. The van der Waals surface area contributed by atoms with Crippen molar-refractivity contribution in [3.05, 3.63) is 131 Å². The van der Waals surface area contributed by atoms with Crippen LogP contribution in [0.4, 0.5) is 15.9 Å². The minimum Gasteiger partial charge on any atom is -0.487 e. The highest BCUT2D eigenvalue weighted by Crippen LogP contribution is 2.33. The fourth-order valence-electron chi connectivity index (χ4n) is 4.74. The first-order valence-electron chi connectivity index (χ1n) is 15.4. The van der Waals surface area contributed by atoms with Crippen LogP contribution in [0.5, 0.6) is 5.75 Å². The maximum atomic E-state index is 13.4. The number of benzene rings is 4. The number of hydrogen-bond donors (Lipinski definition) is 3. The van der Waals surface area contributed by atoms with Gasteiger partial charge in [0, 0.05) is 29.4 Å². The molecule has 0 aliphatic rings. The van der Waals surface area contributed by atoms with Crippen LogP contribution in [0.3, 0.4) is 0 Å². The first-order valence-corrected chi connectivity index (χ1v) is 19.3. The molecule has 0 unspecified atom stereocenters. The summed E-state index contributed by atoms with van der Waals surface area (Å²) in [5.74, 6) is 2.17. The maximum Gasteiger partial charge on any atom is 0.294 e. The van der Waals surface area contributed by atoms with E-state index < -0.39 is 20.0 Å². The van der Waals surface area contributed by atoms with Crippen molar-refractivity contribution >= 4 is 54.0 Å². The molecule has 0 fully saturated rings. The van der Waals surface area contributed by atoms with E-state index in [0.29, 0.717) is 52.5 Å². The summed E-state index contributed by atoms with van der Waals surface area (Å²) in [6, 6.07) is 27.0. The fraction of sp³-hybridized carbons (Fsp3) is 0.167. The van der Waals surface area contributed by atoms with E-state index in [1.54, 1.807) is 36.4 Å². The van der Waals surface area contributed by atoms with Crippen LogP contribution in [0.25, 0.3) is 22.2 Å². The van der Waals surface area contributed by atoms with Gasteiger partial charge in [-0.25, -0.2) is 22.8 Å². The molecule has 0 atom stereocenters. The van der Waals surface area contributed by atoms with Gasteiger partial charge in [0.15, 0.2) is 0 Å². The maximum absolute atomic E-state index is 13.4. The number of anilines is 2. The largest absolute Gasteiger partial charge is 0.487 e. The third-order valence-corrected chi connectivity index (χ3v) is 9.44. The second-order valence-corrected chi connectivity index (χ2v) is 15.6. The van der Waals surface area contributed by atoms with Crippen LogP contribution in [-0.2, 0) is 33.1 Å². The first-order chi connectivity index (χ1) is 24.2. The van der Waals surface area contributed by atoms with E-state index in [0.717, 1.165) is 22.0 Å². The molecule has 2 aromatic heterocycles. The van der Waals surface area contributed by atoms with Gasteiger partial charge in [0.2, 0.25) is 0 Å². The third-order valence-electron chi connectivity index (χ3n) is 7.33. The number of aromatic nitrogens is 2. The topological polar surface area (TPSA) is 161 Å². The number of nitrogens with one attached hydrogen (secondary N) is 2. The van der Waals surface area contributed by atoms with Crippen molar-refractivity contribution < 1.29 is 34.9 Å². The Hall–Kier alpha value is -4.86. The summed E-state index contributed by atoms with van der Waals surface area (Å²) in [5.41, 5.74) is 3.95. The zero-order chi connectivity index (χ0) is 36.6. The predicted octanol–water partition coefficient (Wildman–Crippen LogP) is 7.38. The lowest BCUT2D eigenvalue weighted by molar-refractivity contribution is 0.306. The smallest absolute Gasteiger partial charge is 0.294 e. The molecule has 266 valence electrons. The lowest BCUT2D eigenvalue weighted by Gasteiger charge is -2.12. The van der Waals surface area contributed by atoms with Gasteiger partial charge in [0.25, 0.3) is 10.1 Å². The van der Waals surface area contributed by atoms with Crippen molar-refractivity contribution in [3.8, 4) is 17.1 Å². The molecule has 0 amide bonds. The van der Waals surface area contributed by atoms with Crippen LogP contribution in [0.1, 0.15) is 16.9 Å². The van der Waals surface area contributed by atoms with Crippen LogP contribution < -0.4 is 15.4 Å². The zero-order valence-corrected chi connectivity index (χ0v) is 29.9. The minimum atomic E-state index is -4.02. The van der Waals surface area contributed by atoms with E-state index in [1.165, 1.54) is 36.8 Å². The van der Waals surface area contributed by atoms with Crippen molar-refractivity contribution in [2.24, 2.45) is 0 Å². The van der Waals surface area contributed by atoms with Gasteiger partial charge in [-0.15, -0.1) is 0 Å². The Morgan fingerprint density at radius 3 is 2.41 bits per heavy atom. The van der Waals surface area contributed by atoms with Crippen molar-refractivity contribution in [1.29, 1.82) is 0 Å². The van der Waals surface area contributed by atoms with E-state index in [9.17, 15) is 21.2 Å². The Bertz CT molecular complexity index is 2350. The molecule has 4 aromatic carbocycles. The second kappa shape index (κ2) is 16.4. The Kier molecular flexibility index (Phi) is 12.1. The Balaban J connectivity index is 0.000000392. The van der Waals surface area contributed by atoms with E-state index in [1.807, 2.05) is 43.3 Å². The quantitative estimate of drug-likeness (QED) is 0.0495. The summed E-state index contributed by atoms with van der Waals surface area (Å²) in [6.07, 6.45) is 2.69. The van der Waals surface area contributed by atoms with Gasteiger partial charge in [0.1, 0.15) is 51.7 Å². The predicted molar refractivity (Wildman–Crippen MR) is 195 cm³/mol. The highest BCUT2D eigenvalue weighted by atomic mass is 35.5. The molecule has 0 saturated carbocycles. The molecule has 6 rings (SSSR count). The lowest BCUT2D eigenvalue weighted by atomic mass is 10.1. The molecule has 11 nitrogen and oxygen atoms in total. The summed E-state index contributed by atoms with van der Waals surface area (Å²) in [5, 5.41) is 7.56.